The zero-order chi connectivity index (χ0) is 16.0. The van der Waals surface area contributed by atoms with Gasteiger partial charge in [0.05, 0.1) is 6.61 Å². The minimum absolute atomic E-state index is 0.0685. The first kappa shape index (κ1) is 17.3. The standard InChI is InChI=1S/C13H21N3O4S/c1-4-20-13(17)15-21(18,19)16(10(2)3)9-11-7-5-6-8-12(11)14/h5-8,10H,4,9,14H2,1-3H3,(H,15,17). The van der Waals surface area contributed by atoms with E-state index in [1.54, 1.807) is 45.0 Å². The van der Waals surface area contributed by atoms with E-state index in [2.05, 4.69) is 4.74 Å². The van der Waals surface area contributed by atoms with E-state index < -0.39 is 16.3 Å². The van der Waals surface area contributed by atoms with Gasteiger partial charge < -0.3 is 10.5 Å². The van der Waals surface area contributed by atoms with E-state index in [-0.39, 0.29) is 19.2 Å². The van der Waals surface area contributed by atoms with Crippen LogP contribution in [0.4, 0.5) is 10.5 Å². The van der Waals surface area contributed by atoms with Crippen molar-refractivity contribution in [1.82, 2.24) is 9.03 Å². The second kappa shape index (κ2) is 7.28. The van der Waals surface area contributed by atoms with Gasteiger partial charge in [-0.3, -0.25) is 0 Å². The van der Waals surface area contributed by atoms with E-state index in [0.29, 0.717) is 11.3 Å². The predicted octanol–water partition coefficient (Wildman–Crippen LogP) is 1.47. The molecule has 0 radical (unpaired) electrons. The van der Waals surface area contributed by atoms with Crippen LogP contribution in [0.3, 0.4) is 0 Å². The minimum atomic E-state index is -4.00. The van der Waals surface area contributed by atoms with Crippen molar-refractivity contribution in [2.75, 3.05) is 12.3 Å². The summed E-state index contributed by atoms with van der Waals surface area (Å²) in [7, 11) is -4.00. The van der Waals surface area contributed by atoms with Crippen molar-refractivity contribution in [3.63, 3.8) is 0 Å². The molecule has 1 amide bonds. The Hall–Kier alpha value is -1.80. The summed E-state index contributed by atoms with van der Waals surface area (Å²) in [5.74, 6) is 0. The zero-order valence-corrected chi connectivity index (χ0v) is 13.2. The summed E-state index contributed by atoms with van der Waals surface area (Å²) in [6, 6.07) is 6.63. The van der Waals surface area contributed by atoms with Crippen LogP contribution in [0, 0.1) is 0 Å². The first-order chi connectivity index (χ1) is 9.77. The number of nitrogens with zero attached hydrogens (tertiary/aromatic N) is 1. The molecule has 0 saturated heterocycles. The fourth-order valence-electron chi connectivity index (χ4n) is 1.72. The van der Waals surface area contributed by atoms with Gasteiger partial charge in [0.1, 0.15) is 0 Å². The summed E-state index contributed by atoms with van der Waals surface area (Å²) in [5, 5.41) is 0. The highest BCUT2D eigenvalue weighted by Gasteiger charge is 2.27. The Morgan fingerprint density at radius 3 is 2.52 bits per heavy atom. The third-order valence-electron chi connectivity index (χ3n) is 2.75. The van der Waals surface area contributed by atoms with Crippen LogP contribution in [0.2, 0.25) is 0 Å². The Kier molecular flexibility index (Phi) is 5.98. The highest BCUT2D eigenvalue weighted by atomic mass is 32.2. The maximum atomic E-state index is 12.2. The van der Waals surface area contributed by atoms with Gasteiger partial charge in [-0.2, -0.15) is 12.7 Å². The molecule has 0 aliphatic heterocycles. The molecule has 118 valence electrons. The van der Waals surface area contributed by atoms with E-state index >= 15 is 0 Å². The number of rotatable bonds is 6. The maximum absolute atomic E-state index is 12.2. The monoisotopic (exact) mass is 315 g/mol. The number of benzene rings is 1. The van der Waals surface area contributed by atoms with Crippen molar-refractivity contribution in [3.8, 4) is 0 Å². The van der Waals surface area contributed by atoms with Gasteiger partial charge in [-0.05, 0) is 32.4 Å². The number of amides is 1. The first-order valence-corrected chi connectivity index (χ1v) is 8.01. The molecule has 1 rings (SSSR count). The van der Waals surface area contributed by atoms with Crippen LogP contribution in [0.1, 0.15) is 26.3 Å². The maximum Gasteiger partial charge on any atom is 0.421 e. The lowest BCUT2D eigenvalue weighted by Crippen LogP contribution is -2.46. The van der Waals surface area contributed by atoms with Crippen molar-refractivity contribution in [2.45, 2.75) is 33.4 Å². The van der Waals surface area contributed by atoms with Crippen molar-refractivity contribution < 1.29 is 17.9 Å². The van der Waals surface area contributed by atoms with E-state index in [4.69, 9.17) is 5.73 Å². The first-order valence-electron chi connectivity index (χ1n) is 6.57. The van der Waals surface area contributed by atoms with Crippen LogP contribution in [0.5, 0.6) is 0 Å². The number of hydrogen-bond donors (Lipinski definition) is 2. The highest BCUT2D eigenvalue weighted by Crippen LogP contribution is 2.17. The predicted molar refractivity (Wildman–Crippen MR) is 80.6 cm³/mol. The van der Waals surface area contributed by atoms with Crippen LogP contribution < -0.4 is 10.5 Å². The molecule has 1 aromatic rings. The number of ether oxygens (including phenoxy) is 1. The van der Waals surface area contributed by atoms with Crippen molar-refractivity contribution in [1.29, 1.82) is 0 Å². The number of para-hydroxylation sites is 1. The van der Waals surface area contributed by atoms with Crippen molar-refractivity contribution in [3.05, 3.63) is 29.8 Å². The fourth-order valence-corrected chi connectivity index (χ4v) is 2.97. The number of nitrogens with two attached hydrogens (primary N) is 1. The normalized spacial score (nSPS) is 11.7. The van der Waals surface area contributed by atoms with Crippen LogP contribution in [-0.4, -0.2) is 31.5 Å². The van der Waals surface area contributed by atoms with Gasteiger partial charge >= 0.3 is 16.3 Å². The molecule has 0 saturated carbocycles. The molecule has 21 heavy (non-hydrogen) atoms. The van der Waals surface area contributed by atoms with Crippen LogP contribution in [0.25, 0.3) is 0 Å². The molecule has 0 spiro atoms. The van der Waals surface area contributed by atoms with Crippen LogP contribution in [-0.2, 0) is 21.5 Å². The Labute approximate surface area is 125 Å². The van der Waals surface area contributed by atoms with Gasteiger partial charge in [-0.1, -0.05) is 18.2 Å². The molecule has 8 heteroatoms. The molecule has 3 N–H and O–H groups in total. The lowest BCUT2D eigenvalue weighted by Gasteiger charge is -2.26. The van der Waals surface area contributed by atoms with Crippen LogP contribution >= 0.6 is 0 Å². The lowest BCUT2D eigenvalue weighted by molar-refractivity contribution is 0.157. The molecule has 0 fully saturated rings. The van der Waals surface area contributed by atoms with Gasteiger partial charge in [-0.25, -0.2) is 9.52 Å². The average molecular weight is 315 g/mol. The molecular formula is C13H21N3O4S. The molecule has 7 nitrogen and oxygen atoms in total. The quantitative estimate of drug-likeness (QED) is 0.774. The summed E-state index contributed by atoms with van der Waals surface area (Å²) < 4.78 is 32.1. The molecule has 0 heterocycles. The molecule has 0 bridgehead atoms. The summed E-state index contributed by atoms with van der Waals surface area (Å²) in [6.07, 6.45) is -0.996. The van der Waals surface area contributed by atoms with Crippen molar-refractivity contribution in [2.24, 2.45) is 0 Å². The molecule has 0 aliphatic carbocycles. The zero-order valence-electron chi connectivity index (χ0n) is 12.4. The van der Waals surface area contributed by atoms with Gasteiger partial charge in [-0.15, -0.1) is 0 Å². The molecule has 0 unspecified atom stereocenters. The number of hydrogen-bond acceptors (Lipinski definition) is 5. The molecular weight excluding hydrogens is 294 g/mol. The number of nitrogen functional groups attached to an aromatic ring is 1. The molecule has 0 atom stereocenters. The smallest absolute Gasteiger partial charge is 0.421 e. The topological polar surface area (TPSA) is 102 Å². The van der Waals surface area contributed by atoms with E-state index in [0.717, 1.165) is 4.31 Å². The fraction of sp³-hybridized carbons (Fsp3) is 0.462. The summed E-state index contributed by atoms with van der Waals surface area (Å²) >= 11 is 0. The minimum Gasteiger partial charge on any atom is -0.449 e. The number of carbonyl (C=O) groups excluding carboxylic acids is 1. The number of carbonyl (C=O) groups is 1. The summed E-state index contributed by atoms with van der Waals surface area (Å²) in [4.78, 5) is 11.3. The van der Waals surface area contributed by atoms with E-state index in [9.17, 15) is 13.2 Å². The SMILES string of the molecule is CCOC(=O)NS(=O)(=O)N(Cc1ccccc1N)C(C)C. The van der Waals surface area contributed by atoms with Crippen LogP contribution in [0.15, 0.2) is 24.3 Å². The third-order valence-corrected chi connectivity index (χ3v) is 4.35. The average Bonchev–Trinajstić information content (AvgIpc) is 2.36. The number of nitrogens with one attached hydrogen (secondary N) is 1. The van der Waals surface area contributed by atoms with Gasteiger partial charge in [0.25, 0.3) is 0 Å². The highest BCUT2D eigenvalue weighted by molar-refractivity contribution is 7.87. The van der Waals surface area contributed by atoms with Gasteiger partial charge in [0.15, 0.2) is 0 Å². The second-order valence-corrected chi connectivity index (χ2v) is 6.29. The van der Waals surface area contributed by atoms with E-state index in [1.165, 1.54) is 0 Å². The Balaban J connectivity index is 2.96. The number of anilines is 1. The molecule has 1 aromatic carbocycles. The Morgan fingerprint density at radius 2 is 2.00 bits per heavy atom. The molecule has 0 aliphatic rings. The van der Waals surface area contributed by atoms with Gasteiger partial charge in [0.2, 0.25) is 0 Å². The van der Waals surface area contributed by atoms with Gasteiger partial charge in [0, 0.05) is 18.3 Å². The second-order valence-electron chi connectivity index (χ2n) is 4.67. The molecule has 0 aromatic heterocycles. The summed E-state index contributed by atoms with van der Waals surface area (Å²) in [5.41, 5.74) is 6.99. The summed E-state index contributed by atoms with van der Waals surface area (Å²) in [6.45, 7) is 5.18. The van der Waals surface area contributed by atoms with E-state index in [1.807, 2.05) is 4.72 Å². The third kappa shape index (κ3) is 4.91. The van der Waals surface area contributed by atoms with Crippen molar-refractivity contribution >= 4 is 22.0 Å². The lowest BCUT2D eigenvalue weighted by atomic mass is 10.2. The Morgan fingerprint density at radius 1 is 1.38 bits per heavy atom. The Bertz CT molecular complexity index is 587. The largest absolute Gasteiger partial charge is 0.449 e.